The number of hydrogen-bond acceptors (Lipinski definition) is 2. The van der Waals surface area contributed by atoms with Crippen molar-refractivity contribution in [1.82, 2.24) is 4.73 Å². The van der Waals surface area contributed by atoms with Gasteiger partial charge in [-0.15, -0.1) is 0 Å². The molecule has 0 saturated carbocycles. The van der Waals surface area contributed by atoms with Gasteiger partial charge in [-0.3, -0.25) is 5.41 Å². The zero-order chi connectivity index (χ0) is 7.72. The molecule has 0 fully saturated rings. The van der Waals surface area contributed by atoms with Crippen molar-refractivity contribution >= 4 is 0 Å². The van der Waals surface area contributed by atoms with E-state index < -0.39 is 0 Å². The monoisotopic (exact) mass is 138 g/mol. The highest BCUT2D eigenvalue weighted by Crippen LogP contribution is 1.95. The molecule has 1 aromatic heterocycles. The number of pyridine rings is 1. The summed E-state index contributed by atoms with van der Waals surface area (Å²) in [6.45, 7) is 3.65. The molecule has 0 spiro atoms. The second kappa shape index (κ2) is 2.17. The zero-order valence-corrected chi connectivity index (χ0v) is 6.05. The summed E-state index contributed by atoms with van der Waals surface area (Å²) < 4.78 is 0.854. The third-order valence-electron chi connectivity index (χ3n) is 1.36. The van der Waals surface area contributed by atoms with Crippen molar-refractivity contribution in [3.63, 3.8) is 0 Å². The van der Waals surface area contributed by atoms with Gasteiger partial charge in [0.05, 0.1) is 5.69 Å². The van der Waals surface area contributed by atoms with Gasteiger partial charge in [0.25, 0.3) is 0 Å². The molecule has 0 aliphatic heterocycles. The Kier molecular flexibility index (Phi) is 1.49. The molecule has 10 heavy (non-hydrogen) atoms. The van der Waals surface area contributed by atoms with Crippen LogP contribution in [-0.4, -0.2) is 9.94 Å². The SMILES string of the molecule is Cc1cc(C)n(O)c(=N)c1. The maximum Gasteiger partial charge on any atom is 0.161 e. The molecule has 1 heterocycles. The Morgan fingerprint density at radius 1 is 1.40 bits per heavy atom. The van der Waals surface area contributed by atoms with Gasteiger partial charge in [-0.1, -0.05) is 0 Å². The van der Waals surface area contributed by atoms with Crippen molar-refractivity contribution < 1.29 is 5.21 Å². The van der Waals surface area contributed by atoms with Crippen LogP contribution in [-0.2, 0) is 0 Å². The van der Waals surface area contributed by atoms with Crippen molar-refractivity contribution in [2.75, 3.05) is 0 Å². The van der Waals surface area contributed by atoms with Crippen LogP contribution < -0.4 is 5.49 Å². The quantitative estimate of drug-likeness (QED) is 0.512. The van der Waals surface area contributed by atoms with E-state index in [1.165, 1.54) is 0 Å². The van der Waals surface area contributed by atoms with Crippen LogP contribution in [0.4, 0.5) is 0 Å². The van der Waals surface area contributed by atoms with Gasteiger partial charge in [-0.05, 0) is 31.5 Å². The zero-order valence-electron chi connectivity index (χ0n) is 6.05. The van der Waals surface area contributed by atoms with E-state index in [1.54, 1.807) is 13.0 Å². The topological polar surface area (TPSA) is 49.0 Å². The van der Waals surface area contributed by atoms with E-state index in [-0.39, 0.29) is 5.49 Å². The highest BCUT2D eigenvalue weighted by Gasteiger charge is 1.93. The van der Waals surface area contributed by atoms with Crippen molar-refractivity contribution in [2.45, 2.75) is 13.8 Å². The van der Waals surface area contributed by atoms with Crippen LogP contribution in [0.25, 0.3) is 0 Å². The van der Waals surface area contributed by atoms with E-state index in [2.05, 4.69) is 0 Å². The minimum atomic E-state index is 0.123. The Morgan fingerprint density at radius 2 is 2.00 bits per heavy atom. The minimum absolute atomic E-state index is 0.123. The Hall–Kier alpha value is -1.25. The second-order valence-corrected chi connectivity index (χ2v) is 2.37. The molecule has 0 aliphatic carbocycles. The highest BCUT2D eigenvalue weighted by atomic mass is 16.5. The summed E-state index contributed by atoms with van der Waals surface area (Å²) in [7, 11) is 0. The summed E-state index contributed by atoms with van der Waals surface area (Å²) in [6.07, 6.45) is 0. The number of nitrogens with zero attached hydrogens (tertiary/aromatic N) is 1. The first kappa shape index (κ1) is 6.86. The lowest BCUT2D eigenvalue weighted by molar-refractivity contribution is 0.163. The van der Waals surface area contributed by atoms with Gasteiger partial charge in [0.15, 0.2) is 5.49 Å². The highest BCUT2D eigenvalue weighted by molar-refractivity contribution is 5.13. The fourth-order valence-corrected chi connectivity index (χ4v) is 0.899. The van der Waals surface area contributed by atoms with E-state index in [0.717, 1.165) is 10.3 Å². The van der Waals surface area contributed by atoms with Crippen LogP contribution in [0.3, 0.4) is 0 Å². The first-order valence-electron chi connectivity index (χ1n) is 3.05. The molecule has 0 bridgehead atoms. The molecule has 0 saturated heterocycles. The van der Waals surface area contributed by atoms with Gasteiger partial charge in [-0.2, -0.15) is 4.73 Å². The normalized spacial score (nSPS) is 9.80. The number of rotatable bonds is 0. The molecule has 54 valence electrons. The van der Waals surface area contributed by atoms with E-state index >= 15 is 0 Å². The second-order valence-electron chi connectivity index (χ2n) is 2.37. The molecule has 0 aromatic carbocycles. The lowest BCUT2D eigenvalue weighted by Crippen LogP contribution is -2.19. The summed E-state index contributed by atoms with van der Waals surface area (Å²) in [5.74, 6) is 0. The molecular weight excluding hydrogens is 128 g/mol. The molecule has 3 nitrogen and oxygen atoms in total. The molecule has 1 aromatic rings. The van der Waals surface area contributed by atoms with E-state index in [4.69, 9.17) is 10.6 Å². The van der Waals surface area contributed by atoms with Gasteiger partial charge >= 0.3 is 0 Å². The van der Waals surface area contributed by atoms with Crippen molar-refractivity contribution in [2.24, 2.45) is 0 Å². The molecule has 0 aliphatic rings. The number of aromatic nitrogens is 1. The summed E-state index contributed by atoms with van der Waals surface area (Å²) in [5, 5.41) is 16.3. The third-order valence-corrected chi connectivity index (χ3v) is 1.36. The molecule has 2 N–H and O–H groups in total. The molecular formula is C7H10N2O. The Morgan fingerprint density at radius 3 is 2.50 bits per heavy atom. The smallest absolute Gasteiger partial charge is 0.161 e. The predicted octanol–water partition coefficient (Wildman–Crippen LogP) is 0.822. The van der Waals surface area contributed by atoms with Crippen molar-refractivity contribution in [3.05, 3.63) is 28.9 Å². The van der Waals surface area contributed by atoms with Crippen LogP contribution in [0.2, 0.25) is 0 Å². The van der Waals surface area contributed by atoms with Crippen molar-refractivity contribution in [3.8, 4) is 0 Å². The Bertz CT molecular complexity index is 301. The van der Waals surface area contributed by atoms with Crippen LogP contribution in [0.15, 0.2) is 12.1 Å². The molecule has 1 rings (SSSR count). The van der Waals surface area contributed by atoms with Gasteiger partial charge in [0.1, 0.15) is 0 Å². The molecule has 3 heteroatoms. The lowest BCUT2D eigenvalue weighted by atomic mass is 10.2. The van der Waals surface area contributed by atoms with Crippen molar-refractivity contribution in [1.29, 1.82) is 5.41 Å². The van der Waals surface area contributed by atoms with Gasteiger partial charge < -0.3 is 5.21 Å². The average molecular weight is 138 g/mol. The van der Waals surface area contributed by atoms with Gasteiger partial charge in [0.2, 0.25) is 0 Å². The summed E-state index contributed by atoms with van der Waals surface area (Å²) in [4.78, 5) is 0. The van der Waals surface area contributed by atoms with Gasteiger partial charge in [0, 0.05) is 0 Å². The third kappa shape index (κ3) is 1.03. The van der Waals surface area contributed by atoms with Crippen LogP contribution in [0.5, 0.6) is 0 Å². The number of aryl methyl sites for hydroxylation is 2. The Labute approximate surface area is 59.0 Å². The first-order chi connectivity index (χ1) is 4.61. The van der Waals surface area contributed by atoms with E-state index in [1.807, 2.05) is 13.0 Å². The van der Waals surface area contributed by atoms with E-state index in [0.29, 0.717) is 5.69 Å². The standard InChI is InChI=1S/C7H10N2O/c1-5-3-6(2)9(10)7(8)4-5/h3-4,8,10H,1-2H3. The van der Waals surface area contributed by atoms with Gasteiger partial charge in [-0.25, -0.2) is 0 Å². The Balaban J connectivity index is 3.46. The number of hydrogen-bond donors (Lipinski definition) is 2. The maximum atomic E-state index is 9.06. The maximum absolute atomic E-state index is 9.06. The fraction of sp³-hybridized carbons (Fsp3) is 0.286. The lowest BCUT2D eigenvalue weighted by Gasteiger charge is -2.02. The molecule has 0 amide bonds. The summed E-state index contributed by atoms with van der Waals surface area (Å²) in [5.41, 5.74) is 1.80. The summed E-state index contributed by atoms with van der Waals surface area (Å²) >= 11 is 0. The van der Waals surface area contributed by atoms with Crippen LogP contribution in [0.1, 0.15) is 11.3 Å². The average Bonchev–Trinajstić information content (AvgIpc) is 1.82. The predicted molar refractivity (Wildman–Crippen MR) is 36.9 cm³/mol. The fourth-order valence-electron chi connectivity index (χ4n) is 0.899. The molecule has 0 radical (unpaired) electrons. The molecule has 0 atom stereocenters. The molecule has 0 unspecified atom stereocenters. The summed E-state index contributed by atoms with van der Waals surface area (Å²) in [6, 6.07) is 3.42. The number of nitrogens with one attached hydrogen (secondary N) is 1. The van der Waals surface area contributed by atoms with E-state index in [9.17, 15) is 0 Å². The van der Waals surface area contributed by atoms with Crippen LogP contribution >= 0.6 is 0 Å². The van der Waals surface area contributed by atoms with Crippen LogP contribution in [0, 0.1) is 19.3 Å². The minimum Gasteiger partial charge on any atom is -0.427 e. The first-order valence-corrected chi connectivity index (χ1v) is 3.05. The largest absolute Gasteiger partial charge is 0.427 e.